The van der Waals surface area contributed by atoms with Crippen LogP contribution in [-0.2, 0) is 6.42 Å². The zero-order valence-electron chi connectivity index (χ0n) is 17.3. The highest BCUT2D eigenvalue weighted by atomic mass is 79.9. The van der Waals surface area contributed by atoms with Gasteiger partial charge in [-0.3, -0.25) is 4.79 Å². The summed E-state index contributed by atoms with van der Waals surface area (Å²) in [6.45, 7) is 5.95. The van der Waals surface area contributed by atoms with Gasteiger partial charge in [0.25, 0.3) is 5.56 Å². The lowest BCUT2D eigenvalue weighted by Gasteiger charge is -2.15. The monoisotopic (exact) mass is 535 g/mol. The van der Waals surface area contributed by atoms with Gasteiger partial charge in [-0.25, -0.2) is 4.98 Å². The van der Waals surface area contributed by atoms with Gasteiger partial charge in [-0.05, 0) is 66.5 Å². The Morgan fingerprint density at radius 3 is 2.63 bits per heavy atom. The maximum atomic E-state index is 13.1. The third-order valence-corrected chi connectivity index (χ3v) is 5.49. The number of fused-ring (bicyclic) bond motifs is 1. The van der Waals surface area contributed by atoms with Crippen LogP contribution in [0.1, 0.15) is 38.6 Å². The average Bonchev–Trinajstić information content (AvgIpc) is 2.69. The van der Waals surface area contributed by atoms with Crippen molar-refractivity contribution in [1.29, 1.82) is 0 Å². The van der Waals surface area contributed by atoms with Gasteiger partial charge < -0.3 is 9.47 Å². The van der Waals surface area contributed by atoms with Crippen LogP contribution in [0.15, 0.2) is 49.2 Å². The molecule has 0 fully saturated rings. The Morgan fingerprint density at radius 2 is 1.97 bits per heavy atom. The van der Waals surface area contributed by atoms with Crippen LogP contribution in [0, 0.1) is 0 Å². The molecule has 0 saturated heterocycles. The molecule has 0 aliphatic heterocycles. The summed E-state index contributed by atoms with van der Waals surface area (Å²) in [5.41, 5.74) is 1.21. The van der Waals surface area contributed by atoms with Gasteiger partial charge in [0.15, 0.2) is 11.5 Å². The molecule has 0 unspecified atom stereocenters. The van der Waals surface area contributed by atoms with E-state index in [-0.39, 0.29) is 11.7 Å². The summed E-state index contributed by atoms with van der Waals surface area (Å²) in [6, 6.07) is 9.14. The normalized spacial score (nSPS) is 11.6. The lowest BCUT2D eigenvalue weighted by molar-refractivity contribution is 0.230. The lowest BCUT2D eigenvalue weighted by Crippen LogP contribution is -2.22. The summed E-state index contributed by atoms with van der Waals surface area (Å²) < 4.78 is 14.2. The van der Waals surface area contributed by atoms with Crippen molar-refractivity contribution in [3.63, 3.8) is 0 Å². The van der Waals surface area contributed by atoms with Gasteiger partial charge in [0.2, 0.25) is 0 Å². The highest BCUT2D eigenvalue weighted by molar-refractivity contribution is 9.10. The minimum atomic E-state index is -0.205. The predicted octanol–water partition coefficient (Wildman–Crippen LogP) is 5.55. The molecule has 0 amide bonds. The van der Waals surface area contributed by atoms with E-state index < -0.39 is 0 Å². The van der Waals surface area contributed by atoms with E-state index in [9.17, 15) is 4.79 Å². The molecule has 0 bridgehead atoms. The van der Waals surface area contributed by atoms with Crippen LogP contribution in [0.5, 0.6) is 11.5 Å². The lowest BCUT2D eigenvalue weighted by atomic mass is 10.2. The van der Waals surface area contributed by atoms with E-state index in [4.69, 9.17) is 9.47 Å². The van der Waals surface area contributed by atoms with Crippen molar-refractivity contribution in [3.05, 3.63) is 61.0 Å². The van der Waals surface area contributed by atoms with E-state index in [2.05, 4.69) is 41.9 Å². The molecule has 0 aliphatic rings. The zero-order chi connectivity index (χ0) is 21.8. The molecular formula is C22H23Br2N3O3. The number of ether oxygens (including phenoxy) is 2. The third kappa shape index (κ3) is 4.92. The molecule has 158 valence electrons. The largest absolute Gasteiger partial charge is 0.493 e. The fraction of sp³-hybridized carbons (Fsp3) is 0.318. The molecular weight excluding hydrogens is 514 g/mol. The van der Waals surface area contributed by atoms with E-state index in [1.165, 1.54) is 4.68 Å². The van der Waals surface area contributed by atoms with Gasteiger partial charge in [0, 0.05) is 20.9 Å². The minimum Gasteiger partial charge on any atom is -0.493 e. The summed E-state index contributed by atoms with van der Waals surface area (Å²) in [5, 5.41) is 4.99. The molecule has 3 aromatic rings. The van der Waals surface area contributed by atoms with Crippen LogP contribution in [0.25, 0.3) is 10.9 Å². The summed E-state index contributed by atoms with van der Waals surface area (Å²) in [4.78, 5) is 17.8. The Morgan fingerprint density at radius 1 is 1.20 bits per heavy atom. The van der Waals surface area contributed by atoms with Gasteiger partial charge in [-0.2, -0.15) is 9.78 Å². The molecule has 1 aromatic heterocycles. The van der Waals surface area contributed by atoms with E-state index in [1.54, 1.807) is 19.4 Å². The van der Waals surface area contributed by atoms with E-state index >= 15 is 0 Å². The first-order valence-electron chi connectivity index (χ1n) is 9.63. The quantitative estimate of drug-likeness (QED) is 0.371. The first-order chi connectivity index (χ1) is 14.3. The Labute approximate surface area is 192 Å². The molecule has 0 N–H and O–H groups in total. The Kier molecular flexibility index (Phi) is 7.31. The smallest absolute Gasteiger partial charge is 0.282 e. The van der Waals surface area contributed by atoms with Crippen LogP contribution in [0.4, 0.5) is 0 Å². The van der Waals surface area contributed by atoms with Gasteiger partial charge in [0.05, 0.1) is 30.3 Å². The van der Waals surface area contributed by atoms with Gasteiger partial charge in [-0.1, -0.05) is 22.9 Å². The highest BCUT2D eigenvalue weighted by Crippen LogP contribution is 2.33. The number of aromatic nitrogens is 2. The molecule has 6 nitrogen and oxygen atoms in total. The molecule has 1 heterocycles. The second-order valence-corrected chi connectivity index (χ2v) is 8.76. The van der Waals surface area contributed by atoms with Crippen LogP contribution in [0.3, 0.4) is 0 Å². The standard InChI is InChI=1S/C22H23Br2N3O3/c1-5-6-21-26-18-8-7-15(23)10-16(18)22(28)27(21)25-12-14-9-19(29-4)20(11-17(14)24)30-13(2)3/h7-13H,5-6H2,1-4H3. The zero-order valence-corrected chi connectivity index (χ0v) is 20.4. The van der Waals surface area contributed by atoms with E-state index in [0.717, 1.165) is 20.9 Å². The number of aryl methyl sites for hydroxylation is 1. The first kappa shape index (κ1) is 22.5. The van der Waals surface area contributed by atoms with Crippen molar-refractivity contribution in [3.8, 4) is 11.5 Å². The molecule has 2 aromatic carbocycles. The molecule has 0 saturated carbocycles. The van der Waals surface area contributed by atoms with Crippen molar-refractivity contribution in [2.24, 2.45) is 5.10 Å². The fourth-order valence-electron chi connectivity index (χ4n) is 2.97. The number of hydrogen-bond acceptors (Lipinski definition) is 5. The minimum absolute atomic E-state index is 0.0171. The Balaban J connectivity index is 2.10. The number of benzene rings is 2. The van der Waals surface area contributed by atoms with Crippen molar-refractivity contribution in [1.82, 2.24) is 9.66 Å². The Hall–Kier alpha value is -2.19. The number of hydrogen-bond donors (Lipinski definition) is 0. The third-order valence-electron chi connectivity index (χ3n) is 4.31. The molecule has 30 heavy (non-hydrogen) atoms. The first-order valence-corrected chi connectivity index (χ1v) is 11.2. The van der Waals surface area contributed by atoms with Crippen LogP contribution in [0.2, 0.25) is 0 Å². The number of halogens is 2. The van der Waals surface area contributed by atoms with Crippen molar-refractivity contribution in [2.75, 3.05) is 7.11 Å². The number of methoxy groups -OCH3 is 1. The van der Waals surface area contributed by atoms with Crippen LogP contribution >= 0.6 is 31.9 Å². The van der Waals surface area contributed by atoms with Crippen molar-refractivity contribution >= 4 is 49.0 Å². The summed E-state index contributed by atoms with van der Waals surface area (Å²) in [5.74, 6) is 1.85. The van der Waals surface area contributed by atoms with E-state index in [1.807, 2.05) is 45.0 Å². The molecule has 3 rings (SSSR count). The fourth-order valence-corrected chi connectivity index (χ4v) is 3.76. The van der Waals surface area contributed by atoms with Gasteiger partial charge >= 0.3 is 0 Å². The summed E-state index contributed by atoms with van der Waals surface area (Å²) in [6.07, 6.45) is 3.13. The molecule has 0 spiro atoms. The number of nitrogens with zero attached hydrogens (tertiary/aromatic N) is 3. The van der Waals surface area contributed by atoms with Gasteiger partial charge in [-0.15, -0.1) is 0 Å². The molecule has 0 radical (unpaired) electrons. The average molecular weight is 537 g/mol. The van der Waals surface area contributed by atoms with Crippen molar-refractivity contribution < 1.29 is 9.47 Å². The second-order valence-electron chi connectivity index (χ2n) is 6.99. The predicted molar refractivity (Wildman–Crippen MR) is 127 cm³/mol. The second kappa shape index (κ2) is 9.75. The maximum Gasteiger partial charge on any atom is 0.282 e. The summed E-state index contributed by atoms with van der Waals surface area (Å²) >= 11 is 6.97. The SMILES string of the molecule is CCCc1nc2ccc(Br)cc2c(=O)n1N=Cc1cc(OC)c(OC(C)C)cc1Br. The van der Waals surface area contributed by atoms with Crippen molar-refractivity contribution in [2.45, 2.75) is 39.7 Å². The van der Waals surface area contributed by atoms with Gasteiger partial charge in [0.1, 0.15) is 5.82 Å². The van der Waals surface area contributed by atoms with Crippen LogP contribution < -0.4 is 15.0 Å². The van der Waals surface area contributed by atoms with Crippen LogP contribution in [-0.4, -0.2) is 29.1 Å². The molecule has 8 heteroatoms. The number of rotatable bonds is 7. The Bertz CT molecular complexity index is 1160. The summed E-state index contributed by atoms with van der Waals surface area (Å²) in [7, 11) is 1.59. The van der Waals surface area contributed by atoms with E-state index in [0.29, 0.717) is 34.6 Å². The topological polar surface area (TPSA) is 65.7 Å². The maximum absolute atomic E-state index is 13.1. The molecule has 0 aliphatic carbocycles. The highest BCUT2D eigenvalue weighted by Gasteiger charge is 2.13. The molecule has 0 atom stereocenters.